The molecule has 0 aliphatic carbocycles. The van der Waals surface area contributed by atoms with Crippen LogP contribution in [0.15, 0.2) is 22.8 Å². The zero-order valence-electron chi connectivity index (χ0n) is 7.70. The fourth-order valence-electron chi connectivity index (χ4n) is 1.12. The minimum absolute atomic E-state index is 0.137. The summed E-state index contributed by atoms with van der Waals surface area (Å²) in [5.74, 6) is -0.931. The Kier molecular flexibility index (Phi) is 3.23. The summed E-state index contributed by atoms with van der Waals surface area (Å²) in [6, 6.07) is 3.50. The van der Waals surface area contributed by atoms with E-state index in [9.17, 15) is 4.79 Å². The highest BCUT2D eigenvalue weighted by molar-refractivity contribution is 9.10. The second kappa shape index (κ2) is 4.06. The molecule has 0 aromatic carbocycles. The number of carboxylic acids is 1. The monoisotopic (exact) mass is 258 g/mol. The highest BCUT2D eigenvalue weighted by Gasteiger charge is 2.25. The van der Waals surface area contributed by atoms with Crippen LogP contribution < -0.4 is 5.73 Å². The molecule has 0 fully saturated rings. The molecule has 5 heteroatoms. The number of nitrogens with zero attached hydrogens (tertiary/aromatic N) is 1. The van der Waals surface area contributed by atoms with Crippen molar-refractivity contribution in [1.29, 1.82) is 0 Å². The van der Waals surface area contributed by atoms with Crippen LogP contribution in [0.25, 0.3) is 0 Å². The van der Waals surface area contributed by atoms with Gasteiger partial charge in [-0.1, -0.05) is 0 Å². The molecule has 1 rings (SSSR count). The molecule has 0 radical (unpaired) electrons. The van der Waals surface area contributed by atoms with Crippen molar-refractivity contribution in [2.75, 3.05) is 0 Å². The van der Waals surface area contributed by atoms with Crippen molar-refractivity contribution in [1.82, 2.24) is 4.98 Å². The molecule has 1 atom stereocenters. The molecule has 0 bridgehead atoms. The number of hydrogen-bond donors (Lipinski definition) is 2. The van der Waals surface area contributed by atoms with Crippen molar-refractivity contribution in [2.24, 2.45) is 5.73 Å². The summed E-state index contributed by atoms with van der Waals surface area (Å²) in [7, 11) is 0. The SMILES string of the molecule is C[C@@](N)(CC(=O)O)c1ccc(Br)cn1. The van der Waals surface area contributed by atoms with Crippen molar-refractivity contribution in [3.05, 3.63) is 28.5 Å². The summed E-state index contributed by atoms with van der Waals surface area (Å²) in [5.41, 5.74) is 5.48. The lowest BCUT2D eigenvalue weighted by molar-refractivity contribution is -0.138. The maximum Gasteiger partial charge on any atom is 0.305 e. The first-order valence-corrected chi connectivity index (χ1v) is 4.84. The minimum atomic E-state index is -0.931. The third-order valence-electron chi connectivity index (χ3n) is 1.83. The van der Waals surface area contributed by atoms with Crippen molar-refractivity contribution < 1.29 is 9.90 Å². The number of aromatic nitrogens is 1. The molecule has 1 aromatic rings. The first-order valence-electron chi connectivity index (χ1n) is 4.04. The molecule has 3 N–H and O–H groups in total. The van der Waals surface area contributed by atoms with Crippen LogP contribution in [0, 0.1) is 0 Å². The largest absolute Gasteiger partial charge is 0.481 e. The summed E-state index contributed by atoms with van der Waals surface area (Å²) in [6.07, 6.45) is 1.46. The van der Waals surface area contributed by atoms with Crippen LogP contribution in [0.1, 0.15) is 19.0 Å². The Balaban J connectivity index is 2.91. The quantitative estimate of drug-likeness (QED) is 0.862. The molecule has 0 unspecified atom stereocenters. The van der Waals surface area contributed by atoms with Gasteiger partial charge < -0.3 is 10.8 Å². The molecular formula is C9H11BrN2O2. The highest BCUT2D eigenvalue weighted by atomic mass is 79.9. The number of pyridine rings is 1. The second-order valence-electron chi connectivity index (χ2n) is 3.35. The van der Waals surface area contributed by atoms with Crippen molar-refractivity contribution in [3.63, 3.8) is 0 Å². The highest BCUT2D eigenvalue weighted by Crippen LogP contribution is 2.20. The molecule has 0 amide bonds. The standard InChI is InChI=1S/C9H11BrN2O2/c1-9(11,4-8(13)14)7-3-2-6(10)5-12-7/h2-3,5H,4,11H2,1H3,(H,13,14)/t9-/m1/s1. The summed E-state index contributed by atoms with van der Waals surface area (Å²) in [4.78, 5) is 14.6. The Morgan fingerprint density at radius 2 is 2.36 bits per heavy atom. The maximum atomic E-state index is 10.5. The molecule has 14 heavy (non-hydrogen) atoms. The Morgan fingerprint density at radius 3 is 2.79 bits per heavy atom. The predicted molar refractivity (Wildman–Crippen MR) is 55.7 cm³/mol. The van der Waals surface area contributed by atoms with Gasteiger partial charge in [0.2, 0.25) is 0 Å². The van der Waals surface area contributed by atoms with E-state index in [2.05, 4.69) is 20.9 Å². The number of halogens is 1. The number of aliphatic carboxylic acids is 1. The topological polar surface area (TPSA) is 76.2 Å². The van der Waals surface area contributed by atoms with Crippen LogP contribution in [0.4, 0.5) is 0 Å². The summed E-state index contributed by atoms with van der Waals surface area (Å²) in [5, 5.41) is 8.65. The first kappa shape index (κ1) is 11.1. The molecule has 0 saturated heterocycles. The van der Waals surface area contributed by atoms with Gasteiger partial charge in [-0.05, 0) is 35.0 Å². The number of hydrogen-bond acceptors (Lipinski definition) is 3. The molecule has 76 valence electrons. The normalized spacial score (nSPS) is 14.8. The summed E-state index contributed by atoms with van der Waals surface area (Å²) in [6.45, 7) is 1.65. The lowest BCUT2D eigenvalue weighted by Gasteiger charge is -2.21. The summed E-state index contributed by atoms with van der Waals surface area (Å²) < 4.78 is 0.840. The minimum Gasteiger partial charge on any atom is -0.481 e. The molecule has 0 aliphatic rings. The number of nitrogens with two attached hydrogens (primary N) is 1. The van der Waals surface area contributed by atoms with Crippen LogP contribution >= 0.6 is 15.9 Å². The average molecular weight is 259 g/mol. The lowest BCUT2D eigenvalue weighted by atomic mass is 9.94. The zero-order valence-corrected chi connectivity index (χ0v) is 9.28. The van der Waals surface area contributed by atoms with E-state index in [1.807, 2.05) is 0 Å². The lowest BCUT2D eigenvalue weighted by Crippen LogP contribution is -2.36. The molecule has 0 spiro atoms. The van der Waals surface area contributed by atoms with Gasteiger partial charge in [-0.25, -0.2) is 0 Å². The Labute approximate surface area is 90.3 Å². The van der Waals surface area contributed by atoms with Crippen LogP contribution in [0.3, 0.4) is 0 Å². The molecule has 1 heterocycles. The Bertz CT molecular complexity index is 335. The van der Waals surface area contributed by atoms with Gasteiger partial charge in [0, 0.05) is 10.7 Å². The Hall–Kier alpha value is -0.940. The third-order valence-corrected chi connectivity index (χ3v) is 2.30. The van der Waals surface area contributed by atoms with Gasteiger partial charge >= 0.3 is 5.97 Å². The van der Waals surface area contributed by atoms with Crippen molar-refractivity contribution >= 4 is 21.9 Å². The van der Waals surface area contributed by atoms with E-state index in [4.69, 9.17) is 10.8 Å². The van der Waals surface area contributed by atoms with Gasteiger partial charge in [-0.2, -0.15) is 0 Å². The Morgan fingerprint density at radius 1 is 1.71 bits per heavy atom. The molecular weight excluding hydrogens is 248 g/mol. The number of rotatable bonds is 3. The van der Waals surface area contributed by atoms with E-state index in [-0.39, 0.29) is 6.42 Å². The van der Waals surface area contributed by atoms with Gasteiger partial charge in [0.25, 0.3) is 0 Å². The average Bonchev–Trinajstić information content (AvgIpc) is 2.02. The van der Waals surface area contributed by atoms with E-state index in [0.29, 0.717) is 5.69 Å². The molecule has 0 saturated carbocycles. The second-order valence-corrected chi connectivity index (χ2v) is 4.27. The van der Waals surface area contributed by atoms with Gasteiger partial charge in [0.05, 0.1) is 17.7 Å². The van der Waals surface area contributed by atoms with Crippen LogP contribution in [-0.2, 0) is 10.3 Å². The van der Waals surface area contributed by atoms with Gasteiger partial charge in [0.15, 0.2) is 0 Å². The van der Waals surface area contributed by atoms with Gasteiger partial charge in [-0.3, -0.25) is 9.78 Å². The zero-order chi connectivity index (χ0) is 10.8. The van der Waals surface area contributed by atoms with Gasteiger partial charge in [0.1, 0.15) is 0 Å². The third kappa shape index (κ3) is 2.78. The fraction of sp³-hybridized carbons (Fsp3) is 0.333. The van der Waals surface area contributed by atoms with Crippen molar-refractivity contribution in [3.8, 4) is 0 Å². The van der Waals surface area contributed by atoms with Gasteiger partial charge in [-0.15, -0.1) is 0 Å². The predicted octanol–water partition coefficient (Wildman–Crippen LogP) is 1.49. The van der Waals surface area contributed by atoms with E-state index in [1.54, 1.807) is 25.3 Å². The number of carbonyl (C=O) groups is 1. The molecule has 0 aliphatic heterocycles. The van der Waals surface area contributed by atoms with E-state index in [1.165, 1.54) is 0 Å². The van der Waals surface area contributed by atoms with Crippen LogP contribution in [-0.4, -0.2) is 16.1 Å². The molecule has 1 aromatic heterocycles. The number of carboxylic acid groups (broad SMARTS) is 1. The maximum absolute atomic E-state index is 10.5. The van der Waals surface area contributed by atoms with E-state index >= 15 is 0 Å². The van der Waals surface area contributed by atoms with Crippen LogP contribution in [0.2, 0.25) is 0 Å². The first-order chi connectivity index (χ1) is 6.42. The van der Waals surface area contributed by atoms with Crippen LogP contribution in [0.5, 0.6) is 0 Å². The van der Waals surface area contributed by atoms with E-state index < -0.39 is 11.5 Å². The van der Waals surface area contributed by atoms with Crippen molar-refractivity contribution in [2.45, 2.75) is 18.9 Å². The fourth-order valence-corrected chi connectivity index (χ4v) is 1.35. The smallest absolute Gasteiger partial charge is 0.305 e. The summed E-state index contributed by atoms with van der Waals surface area (Å²) >= 11 is 3.24. The molecule has 4 nitrogen and oxygen atoms in total. The van der Waals surface area contributed by atoms with E-state index in [0.717, 1.165) is 4.47 Å².